The topological polar surface area (TPSA) is 111 Å². The van der Waals surface area contributed by atoms with Crippen molar-refractivity contribution in [3.05, 3.63) is 63.0 Å². The Hall–Kier alpha value is -3.61. The van der Waals surface area contributed by atoms with E-state index in [2.05, 4.69) is 73.7 Å². The highest BCUT2D eigenvalue weighted by Crippen LogP contribution is 2.38. The summed E-state index contributed by atoms with van der Waals surface area (Å²) < 4.78 is 12.0. The Kier molecular flexibility index (Phi) is 5.82. The molecule has 0 fully saturated rings. The van der Waals surface area contributed by atoms with Crippen molar-refractivity contribution < 1.29 is 13.6 Å². The summed E-state index contributed by atoms with van der Waals surface area (Å²) in [7, 11) is 0. The number of anilines is 2. The van der Waals surface area contributed by atoms with Crippen LogP contribution in [0.5, 0.6) is 0 Å². The highest BCUT2D eigenvalue weighted by atomic mass is 16.4. The van der Waals surface area contributed by atoms with Crippen molar-refractivity contribution in [1.82, 2.24) is 4.98 Å². The molecule has 0 aliphatic rings. The summed E-state index contributed by atoms with van der Waals surface area (Å²) in [5, 5.41) is 3.56. The average molecular weight is 490 g/mol. The Balaban J connectivity index is 1.96. The molecule has 4 rings (SSSR count). The number of hydrogen-bond acceptors (Lipinski definition) is 6. The monoisotopic (exact) mass is 489 g/mol. The minimum absolute atomic E-state index is 0.0630. The Morgan fingerprint density at radius 3 is 1.97 bits per heavy atom. The summed E-state index contributed by atoms with van der Waals surface area (Å²) in [6, 6.07) is 9.30. The van der Waals surface area contributed by atoms with Gasteiger partial charge in [-0.15, -0.1) is 0 Å². The van der Waals surface area contributed by atoms with Crippen molar-refractivity contribution >= 4 is 39.7 Å². The molecule has 4 aromatic rings. The first-order chi connectivity index (χ1) is 16.4. The number of carbonyl (C=O) groups is 1. The number of hydrogen-bond donors (Lipinski definition) is 2. The lowest BCUT2D eigenvalue weighted by molar-refractivity contribution is 0.0974. The first kappa shape index (κ1) is 25.5. The quantitative estimate of drug-likeness (QED) is 0.332. The van der Waals surface area contributed by atoms with Gasteiger partial charge in [-0.05, 0) is 45.6 Å². The molecule has 0 aliphatic carbocycles. The summed E-state index contributed by atoms with van der Waals surface area (Å²) in [5.74, 6) is -1.02. The van der Waals surface area contributed by atoms with Gasteiger partial charge in [0, 0.05) is 11.6 Å². The molecule has 0 atom stereocenters. The highest BCUT2D eigenvalue weighted by molar-refractivity contribution is 5.96. The van der Waals surface area contributed by atoms with Gasteiger partial charge in [0.2, 0.25) is 0 Å². The van der Waals surface area contributed by atoms with Gasteiger partial charge >= 0.3 is 0 Å². The van der Waals surface area contributed by atoms with Crippen LogP contribution in [0.4, 0.5) is 11.7 Å². The van der Waals surface area contributed by atoms with Crippen molar-refractivity contribution in [3.8, 4) is 0 Å². The minimum Gasteiger partial charge on any atom is -0.448 e. The van der Waals surface area contributed by atoms with Gasteiger partial charge in [-0.1, -0.05) is 68.4 Å². The predicted octanol–water partition coefficient (Wildman–Crippen LogP) is 6.67. The van der Waals surface area contributed by atoms with Gasteiger partial charge in [-0.25, -0.2) is 0 Å². The number of primary amides is 1. The maximum Gasteiger partial charge on any atom is 0.300 e. The van der Waals surface area contributed by atoms with E-state index in [1.54, 1.807) is 6.07 Å². The average Bonchev–Trinajstić information content (AvgIpc) is 3.13. The van der Waals surface area contributed by atoms with E-state index in [0.29, 0.717) is 16.7 Å². The van der Waals surface area contributed by atoms with Gasteiger partial charge in [0.15, 0.2) is 22.4 Å². The minimum atomic E-state index is -0.814. The highest BCUT2D eigenvalue weighted by Gasteiger charge is 2.26. The van der Waals surface area contributed by atoms with Crippen molar-refractivity contribution in [2.45, 2.75) is 78.6 Å². The number of carbonyl (C=O) groups excluding carboxylic acids is 1. The van der Waals surface area contributed by atoms with Gasteiger partial charge in [0.05, 0.1) is 11.1 Å². The first-order valence-corrected chi connectivity index (χ1v) is 12.1. The second kappa shape index (κ2) is 8.22. The Morgan fingerprint density at radius 2 is 1.42 bits per heavy atom. The van der Waals surface area contributed by atoms with Crippen molar-refractivity contribution in [2.75, 3.05) is 5.32 Å². The third-order valence-corrected chi connectivity index (χ3v) is 6.34. The molecule has 0 unspecified atom stereocenters. The molecule has 0 bridgehead atoms. The standard InChI is InChI=1S/C29H35N3O4/c1-27(2,3)15-10-17-21(33)14-22(25(30)34)35-23(17)19(12-15)31-26-32-20-13-16(28(4,5)6)11-18(24(20)36-26)29(7,8)9/h10-14H,1-9H3,(H2,30,34)(H,31,32). The smallest absolute Gasteiger partial charge is 0.300 e. The third-order valence-electron chi connectivity index (χ3n) is 6.34. The van der Waals surface area contributed by atoms with Crippen LogP contribution < -0.4 is 16.5 Å². The molecule has 1 amide bonds. The molecular weight excluding hydrogens is 454 g/mol. The number of fused-ring (bicyclic) bond motifs is 2. The molecule has 7 nitrogen and oxygen atoms in total. The van der Waals surface area contributed by atoms with E-state index in [9.17, 15) is 9.59 Å². The van der Waals surface area contributed by atoms with E-state index < -0.39 is 5.91 Å². The lowest BCUT2D eigenvalue weighted by Gasteiger charge is -2.24. The fourth-order valence-corrected chi connectivity index (χ4v) is 4.10. The number of rotatable bonds is 3. The van der Waals surface area contributed by atoms with E-state index in [-0.39, 0.29) is 39.0 Å². The lowest BCUT2D eigenvalue weighted by atomic mass is 9.80. The third kappa shape index (κ3) is 4.74. The fourth-order valence-electron chi connectivity index (χ4n) is 4.10. The van der Waals surface area contributed by atoms with Crippen molar-refractivity contribution in [3.63, 3.8) is 0 Å². The first-order valence-electron chi connectivity index (χ1n) is 12.1. The second-order valence-electron chi connectivity index (χ2n) is 12.5. The van der Waals surface area contributed by atoms with E-state index in [0.717, 1.165) is 28.3 Å². The summed E-state index contributed by atoms with van der Waals surface area (Å²) >= 11 is 0. The number of oxazole rings is 1. The van der Waals surface area contributed by atoms with Crippen LogP contribution in [0.2, 0.25) is 0 Å². The molecule has 36 heavy (non-hydrogen) atoms. The number of nitrogens with zero attached hydrogens (tertiary/aromatic N) is 1. The Labute approximate surface area is 211 Å². The lowest BCUT2D eigenvalue weighted by Crippen LogP contribution is -2.16. The summed E-state index contributed by atoms with van der Waals surface area (Å²) in [6.07, 6.45) is 0. The van der Waals surface area contributed by atoms with Crippen LogP contribution in [0.25, 0.3) is 22.1 Å². The van der Waals surface area contributed by atoms with E-state index in [4.69, 9.17) is 19.6 Å². The molecule has 0 saturated heterocycles. The molecule has 0 radical (unpaired) electrons. The van der Waals surface area contributed by atoms with Gasteiger partial charge in [0.25, 0.3) is 11.9 Å². The van der Waals surface area contributed by atoms with Crippen molar-refractivity contribution in [1.29, 1.82) is 0 Å². The number of nitrogens with one attached hydrogen (secondary N) is 1. The molecular formula is C29H35N3O4. The van der Waals surface area contributed by atoms with Gasteiger partial charge < -0.3 is 19.9 Å². The van der Waals surface area contributed by atoms with Gasteiger partial charge in [0.1, 0.15) is 5.52 Å². The van der Waals surface area contributed by atoms with Crippen LogP contribution in [0.1, 0.15) is 89.6 Å². The number of benzene rings is 2. The van der Waals surface area contributed by atoms with Crippen LogP contribution in [-0.4, -0.2) is 10.9 Å². The Morgan fingerprint density at radius 1 is 0.806 bits per heavy atom. The molecule has 190 valence electrons. The SMILES string of the molecule is CC(C)(C)c1cc(C(C)(C)C)c2oc(Nc3cc(C(C)(C)C)cc4c(=O)cc(C(N)=O)oc34)nc2c1. The molecule has 3 N–H and O–H groups in total. The van der Waals surface area contributed by atoms with Crippen LogP contribution in [0, 0.1) is 0 Å². The van der Waals surface area contributed by atoms with Crippen LogP contribution >= 0.6 is 0 Å². The maximum atomic E-state index is 12.9. The van der Waals surface area contributed by atoms with E-state index >= 15 is 0 Å². The molecule has 2 heterocycles. The number of aromatic nitrogens is 1. The zero-order valence-electron chi connectivity index (χ0n) is 22.5. The number of nitrogens with two attached hydrogens (primary N) is 1. The number of amides is 1. The molecule has 2 aromatic carbocycles. The maximum absolute atomic E-state index is 12.9. The van der Waals surface area contributed by atoms with E-state index in [1.807, 2.05) is 12.1 Å². The molecule has 7 heteroatoms. The predicted molar refractivity (Wildman–Crippen MR) is 144 cm³/mol. The van der Waals surface area contributed by atoms with Crippen molar-refractivity contribution in [2.24, 2.45) is 5.73 Å². The normalized spacial score (nSPS) is 12.9. The zero-order valence-corrected chi connectivity index (χ0v) is 22.5. The zero-order chi connectivity index (χ0) is 26.8. The summed E-state index contributed by atoms with van der Waals surface area (Å²) in [4.78, 5) is 29.4. The summed E-state index contributed by atoms with van der Waals surface area (Å²) in [5.41, 5.74) is 9.85. The summed E-state index contributed by atoms with van der Waals surface area (Å²) in [6.45, 7) is 19.1. The van der Waals surface area contributed by atoms with Gasteiger partial charge in [-0.3, -0.25) is 9.59 Å². The molecule has 0 spiro atoms. The molecule has 0 saturated carbocycles. The fraction of sp³-hybridized carbons (Fsp3) is 0.414. The van der Waals surface area contributed by atoms with Crippen LogP contribution in [0.15, 0.2) is 44.0 Å². The second-order valence-corrected chi connectivity index (χ2v) is 12.5. The largest absolute Gasteiger partial charge is 0.448 e. The van der Waals surface area contributed by atoms with E-state index in [1.165, 1.54) is 0 Å². The molecule has 0 aliphatic heterocycles. The van der Waals surface area contributed by atoms with Gasteiger partial charge in [-0.2, -0.15) is 4.98 Å². The van der Waals surface area contributed by atoms with Crippen LogP contribution in [0.3, 0.4) is 0 Å². The van der Waals surface area contributed by atoms with Crippen LogP contribution in [-0.2, 0) is 16.2 Å². The Bertz CT molecular complexity index is 1550. The molecule has 2 aromatic heterocycles.